The number of hydrogen-bond donors (Lipinski definition) is 1. The van der Waals surface area contributed by atoms with Crippen molar-refractivity contribution < 1.29 is 9.47 Å². The third-order valence-corrected chi connectivity index (χ3v) is 4.21. The van der Waals surface area contributed by atoms with Crippen molar-refractivity contribution in [2.24, 2.45) is 0 Å². The quantitative estimate of drug-likeness (QED) is 0.689. The van der Waals surface area contributed by atoms with Gasteiger partial charge in [0.05, 0.1) is 13.2 Å². The van der Waals surface area contributed by atoms with Crippen LogP contribution in [0, 0.1) is 0 Å². The SMILES string of the molecule is Cl.Cl.c1ccc(COc2ccc(CNCCN3CCOCC3)cc2)cc1. The van der Waals surface area contributed by atoms with E-state index in [9.17, 15) is 0 Å². The minimum atomic E-state index is 0. The van der Waals surface area contributed by atoms with E-state index in [0.29, 0.717) is 6.61 Å². The second-order valence-electron chi connectivity index (χ2n) is 6.05. The molecule has 0 spiro atoms. The third-order valence-electron chi connectivity index (χ3n) is 4.21. The molecule has 0 bridgehead atoms. The van der Waals surface area contributed by atoms with E-state index in [1.165, 1.54) is 11.1 Å². The van der Waals surface area contributed by atoms with E-state index in [1.807, 2.05) is 30.3 Å². The summed E-state index contributed by atoms with van der Waals surface area (Å²) in [6.45, 7) is 7.42. The van der Waals surface area contributed by atoms with Gasteiger partial charge in [0.1, 0.15) is 12.4 Å². The number of ether oxygens (including phenoxy) is 2. The van der Waals surface area contributed by atoms with E-state index in [0.717, 1.165) is 51.7 Å². The molecule has 1 saturated heterocycles. The molecule has 0 radical (unpaired) electrons. The Morgan fingerprint density at radius 3 is 2.27 bits per heavy atom. The van der Waals surface area contributed by atoms with Crippen LogP contribution in [0.2, 0.25) is 0 Å². The maximum absolute atomic E-state index is 5.81. The van der Waals surface area contributed by atoms with Crippen LogP contribution in [-0.4, -0.2) is 44.3 Å². The van der Waals surface area contributed by atoms with Crippen molar-refractivity contribution in [3.8, 4) is 5.75 Å². The lowest BCUT2D eigenvalue weighted by Gasteiger charge is -2.26. The lowest BCUT2D eigenvalue weighted by Crippen LogP contribution is -2.40. The van der Waals surface area contributed by atoms with Gasteiger partial charge in [-0.1, -0.05) is 42.5 Å². The molecule has 0 aromatic heterocycles. The first-order valence-corrected chi connectivity index (χ1v) is 8.67. The Kier molecular flexibility index (Phi) is 11.3. The summed E-state index contributed by atoms with van der Waals surface area (Å²) >= 11 is 0. The number of benzene rings is 2. The van der Waals surface area contributed by atoms with Gasteiger partial charge in [-0.15, -0.1) is 24.8 Å². The van der Waals surface area contributed by atoms with E-state index >= 15 is 0 Å². The maximum atomic E-state index is 5.81. The van der Waals surface area contributed by atoms with Gasteiger partial charge in [-0.3, -0.25) is 4.90 Å². The zero-order valence-corrected chi connectivity index (χ0v) is 16.6. The molecule has 2 aromatic carbocycles. The minimum Gasteiger partial charge on any atom is -0.489 e. The molecule has 2 aromatic rings. The minimum absolute atomic E-state index is 0. The molecule has 1 fully saturated rings. The predicted octanol–water partition coefficient (Wildman–Crippen LogP) is 3.53. The Morgan fingerprint density at radius 2 is 1.58 bits per heavy atom. The van der Waals surface area contributed by atoms with Gasteiger partial charge in [0, 0.05) is 32.7 Å². The molecule has 4 nitrogen and oxygen atoms in total. The molecule has 1 aliphatic rings. The molecule has 3 rings (SSSR count). The van der Waals surface area contributed by atoms with Gasteiger partial charge in [-0.2, -0.15) is 0 Å². The van der Waals surface area contributed by atoms with Crippen LogP contribution in [0.15, 0.2) is 54.6 Å². The summed E-state index contributed by atoms with van der Waals surface area (Å²) in [6.07, 6.45) is 0. The van der Waals surface area contributed by atoms with Crippen LogP contribution in [0.5, 0.6) is 5.75 Å². The number of nitrogens with zero attached hydrogens (tertiary/aromatic N) is 1. The highest BCUT2D eigenvalue weighted by atomic mass is 35.5. The maximum Gasteiger partial charge on any atom is 0.119 e. The lowest BCUT2D eigenvalue weighted by molar-refractivity contribution is 0.0384. The highest BCUT2D eigenvalue weighted by Crippen LogP contribution is 2.14. The molecular formula is C20H28Cl2N2O2. The molecule has 0 aliphatic carbocycles. The largest absolute Gasteiger partial charge is 0.489 e. The van der Waals surface area contributed by atoms with Crippen molar-refractivity contribution >= 4 is 24.8 Å². The summed E-state index contributed by atoms with van der Waals surface area (Å²) in [5.74, 6) is 0.913. The highest BCUT2D eigenvalue weighted by molar-refractivity contribution is 5.85. The Hall–Kier alpha value is -1.30. The molecule has 0 saturated carbocycles. The van der Waals surface area contributed by atoms with Crippen LogP contribution in [0.3, 0.4) is 0 Å². The first-order chi connectivity index (χ1) is 11.9. The number of hydrogen-bond acceptors (Lipinski definition) is 4. The molecule has 0 amide bonds. The summed E-state index contributed by atoms with van der Waals surface area (Å²) in [5.41, 5.74) is 2.47. The number of morpholine rings is 1. The average molecular weight is 399 g/mol. The molecule has 1 heterocycles. The Labute approximate surface area is 168 Å². The number of rotatable bonds is 8. The Balaban J connectivity index is 0.00000169. The first kappa shape index (κ1) is 22.7. The van der Waals surface area contributed by atoms with E-state index in [2.05, 4.69) is 34.5 Å². The van der Waals surface area contributed by atoms with Gasteiger partial charge >= 0.3 is 0 Å². The van der Waals surface area contributed by atoms with Gasteiger partial charge in [0.2, 0.25) is 0 Å². The van der Waals surface area contributed by atoms with Crippen LogP contribution in [0.1, 0.15) is 11.1 Å². The third kappa shape index (κ3) is 7.94. The Bertz CT molecular complexity index is 591. The standard InChI is InChI=1S/C20H26N2O2.2ClH/c1-2-4-19(5-3-1)17-24-20-8-6-18(7-9-20)16-21-10-11-22-12-14-23-15-13-22;;/h1-9,21H,10-17H2;2*1H. The molecule has 1 N–H and O–H groups in total. The second-order valence-corrected chi connectivity index (χ2v) is 6.05. The van der Waals surface area contributed by atoms with Gasteiger partial charge in [-0.25, -0.2) is 0 Å². The van der Waals surface area contributed by atoms with Crippen molar-refractivity contribution in [3.05, 3.63) is 65.7 Å². The zero-order valence-electron chi connectivity index (χ0n) is 14.9. The smallest absolute Gasteiger partial charge is 0.119 e. The normalized spacial score (nSPS) is 14.2. The number of nitrogens with one attached hydrogen (secondary N) is 1. The van der Waals surface area contributed by atoms with E-state index in [4.69, 9.17) is 9.47 Å². The van der Waals surface area contributed by atoms with Crippen molar-refractivity contribution in [3.63, 3.8) is 0 Å². The topological polar surface area (TPSA) is 33.7 Å². The van der Waals surface area contributed by atoms with Crippen LogP contribution in [0.4, 0.5) is 0 Å². The highest BCUT2D eigenvalue weighted by Gasteiger charge is 2.08. The molecule has 1 aliphatic heterocycles. The van der Waals surface area contributed by atoms with Crippen LogP contribution < -0.4 is 10.1 Å². The van der Waals surface area contributed by atoms with E-state index in [-0.39, 0.29) is 24.8 Å². The molecule has 144 valence electrons. The van der Waals surface area contributed by atoms with Crippen molar-refractivity contribution in [2.45, 2.75) is 13.2 Å². The summed E-state index contributed by atoms with van der Waals surface area (Å²) in [6, 6.07) is 18.6. The van der Waals surface area contributed by atoms with Gasteiger partial charge in [-0.05, 0) is 23.3 Å². The first-order valence-electron chi connectivity index (χ1n) is 8.67. The number of halogens is 2. The fraction of sp³-hybridized carbons (Fsp3) is 0.400. The predicted molar refractivity (Wildman–Crippen MR) is 111 cm³/mol. The molecular weight excluding hydrogens is 371 g/mol. The molecule has 26 heavy (non-hydrogen) atoms. The lowest BCUT2D eigenvalue weighted by atomic mass is 10.2. The van der Waals surface area contributed by atoms with Crippen molar-refractivity contribution in [2.75, 3.05) is 39.4 Å². The van der Waals surface area contributed by atoms with Gasteiger partial charge in [0.25, 0.3) is 0 Å². The molecule has 6 heteroatoms. The monoisotopic (exact) mass is 398 g/mol. The van der Waals surface area contributed by atoms with E-state index < -0.39 is 0 Å². The average Bonchev–Trinajstić information content (AvgIpc) is 2.66. The second kappa shape index (κ2) is 13.0. The van der Waals surface area contributed by atoms with E-state index in [1.54, 1.807) is 0 Å². The van der Waals surface area contributed by atoms with Gasteiger partial charge < -0.3 is 14.8 Å². The summed E-state index contributed by atoms with van der Waals surface area (Å²) in [7, 11) is 0. The van der Waals surface area contributed by atoms with Crippen LogP contribution >= 0.6 is 24.8 Å². The fourth-order valence-corrected chi connectivity index (χ4v) is 2.74. The molecule has 0 atom stereocenters. The van der Waals surface area contributed by atoms with Crippen LogP contribution in [0.25, 0.3) is 0 Å². The summed E-state index contributed by atoms with van der Waals surface area (Å²) in [4.78, 5) is 2.44. The zero-order chi connectivity index (χ0) is 16.5. The summed E-state index contributed by atoms with van der Waals surface area (Å²) < 4.78 is 11.2. The summed E-state index contributed by atoms with van der Waals surface area (Å²) in [5, 5.41) is 3.50. The Morgan fingerprint density at radius 1 is 0.885 bits per heavy atom. The van der Waals surface area contributed by atoms with Crippen molar-refractivity contribution in [1.29, 1.82) is 0 Å². The van der Waals surface area contributed by atoms with Gasteiger partial charge in [0.15, 0.2) is 0 Å². The molecule has 0 unspecified atom stereocenters. The van der Waals surface area contributed by atoms with Crippen LogP contribution in [-0.2, 0) is 17.9 Å². The fourth-order valence-electron chi connectivity index (χ4n) is 2.74. The van der Waals surface area contributed by atoms with Crippen molar-refractivity contribution in [1.82, 2.24) is 10.2 Å².